The van der Waals surface area contributed by atoms with Gasteiger partial charge in [0.2, 0.25) is 0 Å². The van der Waals surface area contributed by atoms with Gasteiger partial charge in [0, 0.05) is 10.9 Å². The molecule has 2 aromatic rings. The molecule has 1 heterocycles. The molecule has 0 bridgehead atoms. The Labute approximate surface area is 109 Å². The van der Waals surface area contributed by atoms with Crippen molar-refractivity contribution in [3.05, 3.63) is 57.3 Å². The molecule has 1 atom stereocenters. The summed E-state index contributed by atoms with van der Waals surface area (Å²) in [6.07, 6.45) is 1.22. The number of hydrogen-bond donors (Lipinski definition) is 1. The van der Waals surface area contributed by atoms with Gasteiger partial charge in [-0.15, -0.1) is 11.3 Å². The molecule has 1 aromatic heterocycles. The Kier molecular flexibility index (Phi) is 4.09. The highest BCUT2D eigenvalue weighted by atomic mass is 32.1. The van der Waals surface area contributed by atoms with Crippen LogP contribution in [-0.2, 0) is 12.8 Å². The lowest BCUT2D eigenvalue weighted by Gasteiger charge is -2.12. The van der Waals surface area contributed by atoms with E-state index in [0.29, 0.717) is 12.0 Å². The minimum absolute atomic E-state index is 0.281. The lowest BCUT2D eigenvalue weighted by molar-refractivity contribution is 0.573. The van der Waals surface area contributed by atoms with E-state index in [9.17, 15) is 8.78 Å². The zero-order valence-corrected chi connectivity index (χ0v) is 10.9. The van der Waals surface area contributed by atoms with Gasteiger partial charge in [0.1, 0.15) is 11.6 Å². The third kappa shape index (κ3) is 2.76. The number of benzene rings is 1. The number of thiophene rings is 1. The highest BCUT2D eigenvalue weighted by molar-refractivity contribution is 7.10. The summed E-state index contributed by atoms with van der Waals surface area (Å²) in [5.74, 6) is -0.832. The average molecular weight is 267 g/mol. The van der Waals surface area contributed by atoms with Crippen LogP contribution in [0, 0.1) is 11.6 Å². The van der Waals surface area contributed by atoms with Gasteiger partial charge in [-0.2, -0.15) is 0 Å². The van der Waals surface area contributed by atoms with Crippen molar-refractivity contribution in [2.45, 2.75) is 25.8 Å². The standard InChI is InChI=1S/C14H15F2NS/c1-2-9-5-6-18-14(9)13(17)8-10-7-11(15)3-4-12(10)16/h3-7,13H,2,8,17H2,1H3. The third-order valence-corrected chi connectivity index (χ3v) is 4.04. The molecule has 1 unspecified atom stereocenters. The van der Waals surface area contributed by atoms with Gasteiger partial charge in [-0.05, 0) is 53.6 Å². The molecule has 2 N–H and O–H groups in total. The topological polar surface area (TPSA) is 26.0 Å². The molecule has 0 saturated heterocycles. The van der Waals surface area contributed by atoms with E-state index in [0.717, 1.165) is 23.4 Å². The monoisotopic (exact) mass is 267 g/mol. The number of nitrogens with two attached hydrogens (primary N) is 1. The zero-order chi connectivity index (χ0) is 13.1. The number of halogens is 2. The fourth-order valence-electron chi connectivity index (χ4n) is 1.99. The molecule has 0 radical (unpaired) electrons. The van der Waals surface area contributed by atoms with Crippen LogP contribution in [-0.4, -0.2) is 0 Å². The molecular formula is C14H15F2NS. The Morgan fingerprint density at radius 2 is 2.00 bits per heavy atom. The Balaban J connectivity index is 2.21. The maximum absolute atomic E-state index is 13.5. The highest BCUT2D eigenvalue weighted by Crippen LogP contribution is 2.27. The highest BCUT2D eigenvalue weighted by Gasteiger charge is 2.15. The molecule has 0 saturated carbocycles. The summed E-state index contributed by atoms with van der Waals surface area (Å²) >= 11 is 1.57. The van der Waals surface area contributed by atoms with Gasteiger partial charge >= 0.3 is 0 Å². The quantitative estimate of drug-likeness (QED) is 0.895. The molecule has 0 aliphatic heterocycles. The first-order valence-corrected chi connectivity index (χ1v) is 6.75. The van der Waals surface area contributed by atoms with E-state index in [1.807, 2.05) is 11.4 Å². The van der Waals surface area contributed by atoms with Crippen molar-refractivity contribution in [1.82, 2.24) is 0 Å². The summed E-state index contributed by atoms with van der Waals surface area (Å²) in [6, 6.07) is 5.23. The van der Waals surface area contributed by atoms with Crippen molar-refractivity contribution in [3.63, 3.8) is 0 Å². The SMILES string of the molecule is CCc1ccsc1C(N)Cc1cc(F)ccc1F. The van der Waals surface area contributed by atoms with Crippen molar-refractivity contribution >= 4 is 11.3 Å². The van der Waals surface area contributed by atoms with Crippen LogP contribution in [0.2, 0.25) is 0 Å². The molecule has 18 heavy (non-hydrogen) atoms. The van der Waals surface area contributed by atoms with Crippen LogP contribution in [0.25, 0.3) is 0 Å². The molecular weight excluding hydrogens is 252 g/mol. The van der Waals surface area contributed by atoms with Crippen molar-refractivity contribution in [3.8, 4) is 0 Å². The van der Waals surface area contributed by atoms with Gasteiger partial charge < -0.3 is 5.73 Å². The Morgan fingerprint density at radius 3 is 2.72 bits per heavy atom. The number of aryl methyl sites for hydroxylation is 1. The summed E-state index contributed by atoms with van der Waals surface area (Å²) in [4.78, 5) is 1.06. The largest absolute Gasteiger partial charge is 0.323 e. The van der Waals surface area contributed by atoms with Crippen LogP contribution >= 0.6 is 11.3 Å². The van der Waals surface area contributed by atoms with Gasteiger partial charge in [0.05, 0.1) is 0 Å². The lowest BCUT2D eigenvalue weighted by Crippen LogP contribution is -2.14. The maximum Gasteiger partial charge on any atom is 0.126 e. The predicted molar refractivity (Wildman–Crippen MR) is 70.7 cm³/mol. The second-order valence-electron chi connectivity index (χ2n) is 4.21. The molecule has 0 aliphatic carbocycles. The number of rotatable bonds is 4. The van der Waals surface area contributed by atoms with Gasteiger partial charge in [0.25, 0.3) is 0 Å². The van der Waals surface area contributed by atoms with E-state index >= 15 is 0 Å². The molecule has 0 aliphatic rings. The van der Waals surface area contributed by atoms with E-state index in [1.54, 1.807) is 11.3 Å². The van der Waals surface area contributed by atoms with E-state index in [4.69, 9.17) is 5.73 Å². The maximum atomic E-state index is 13.5. The van der Waals surface area contributed by atoms with Gasteiger partial charge in [-0.3, -0.25) is 0 Å². The second kappa shape index (κ2) is 5.59. The molecule has 0 fully saturated rings. The molecule has 2 rings (SSSR count). The summed E-state index contributed by atoms with van der Waals surface area (Å²) in [5, 5.41) is 1.98. The zero-order valence-electron chi connectivity index (χ0n) is 10.1. The third-order valence-electron chi connectivity index (χ3n) is 2.95. The van der Waals surface area contributed by atoms with Crippen LogP contribution < -0.4 is 5.73 Å². The van der Waals surface area contributed by atoms with E-state index < -0.39 is 11.6 Å². The summed E-state index contributed by atoms with van der Waals surface area (Å²) in [7, 11) is 0. The molecule has 4 heteroatoms. The summed E-state index contributed by atoms with van der Waals surface area (Å²) in [5.41, 5.74) is 7.60. The van der Waals surface area contributed by atoms with Crippen LogP contribution in [0.15, 0.2) is 29.6 Å². The molecule has 0 amide bonds. The Hall–Kier alpha value is -1.26. The molecule has 1 nitrogen and oxygen atoms in total. The first-order valence-electron chi connectivity index (χ1n) is 5.87. The fourth-order valence-corrected chi connectivity index (χ4v) is 3.00. The Bertz CT molecular complexity index is 536. The lowest BCUT2D eigenvalue weighted by atomic mass is 10.0. The van der Waals surface area contributed by atoms with Crippen molar-refractivity contribution in [1.29, 1.82) is 0 Å². The van der Waals surface area contributed by atoms with Gasteiger partial charge in [-0.1, -0.05) is 6.92 Å². The minimum Gasteiger partial charge on any atom is -0.323 e. The molecule has 0 spiro atoms. The first kappa shape index (κ1) is 13.2. The summed E-state index contributed by atoms with van der Waals surface area (Å²) in [6.45, 7) is 2.06. The van der Waals surface area contributed by atoms with Crippen molar-refractivity contribution in [2.75, 3.05) is 0 Å². The van der Waals surface area contributed by atoms with Crippen molar-refractivity contribution < 1.29 is 8.78 Å². The smallest absolute Gasteiger partial charge is 0.126 e. The van der Waals surface area contributed by atoms with Gasteiger partial charge in [-0.25, -0.2) is 8.78 Å². The normalized spacial score (nSPS) is 12.7. The summed E-state index contributed by atoms with van der Waals surface area (Å²) < 4.78 is 26.6. The second-order valence-corrected chi connectivity index (χ2v) is 5.16. The number of hydrogen-bond acceptors (Lipinski definition) is 2. The van der Waals surface area contributed by atoms with Crippen LogP contribution in [0.5, 0.6) is 0 Å². The minimum atomic E-state index is -0.430. The molecule has 1 aromatic carbocycles. The van der Waals surface area contributed by atoms with E-state index in [1.165, 1.54) is 11.6 Å². The average Bonchev–Trinajstić information content (AvgIpc) is 2.82. The van der Waals surface area contributed by atoms with E-state index in [-0.39, 0.29) is 6.04 Å². The van der Waals surface area contributed by atoms with Crippen molar-refractivity contribution in [2.24, 2.45) is 5.73 Å². The predicted octanol–water partition coefficient (Wildman–Crippen LogP) is 3.83. The fraction of sp³-hybridized carbons (Fsp3) is 0.286. The van der Waals surface area contributed by atoms with Crippen LogP contribution in [0.3, 0.4) is 0 Å². The van der Waals surface area contributed by atoms with Crippen LogP contribution in [0.1, 0.15) is 29.0 Å². The first-order chi connectivity index (χ1) is 8.61. The van der Waals surface area contributed by atoms with Gasteiger partial charge in [0.15, 0.2) is 0 Å². The molecule has 96 valence electrons. The Morgan fingerprint density at radius 1 is 1.22 bits per heavy atom. The van der Waals surface area contributed by atoms with E-state index in [2.05, 4.69) is 6.92 Å². The van der Waals surface area contributed by atoms with Crippen LogP contribution in [0.4, 0.5) is 8.78 Å².